The van der Waals surface area contributed by atoms with Crippen molar-refractivity contribution < 1.29 is 51.1 Å². The Labute approximate surface area is 416 Å². The van der Waals surface area contributed by atoms with Gasteiger partial charge in [0.2, 0.25) is 35.1 Å². The Balaban J connectivity index is 0.807. The van der Waals surface area contributed by atoms with Gasteiger partial charge in [0.05, 0.1) is 33.6 Å². The lowest BCUT2D eigenvalue weighted by Crippen LogP contribution is -2.55. The van der Waals surface area contributed by atoms with Gasteiger partial charge in [0, 0.05) is 113 Å². The van der Waals surface area contributed by atoms with E-state index >= 15 is 4.39 Å². The molecule has 4 aromatic rings. The first-order chi connectivity index (χ1) is 34.8. The number of aryl methyl sites for hydroxylation is 1. The van der Waals surface area contributed by atoms with Crippen molar-refractivity contribution in [3.8, 4) is 11.1 Å². The molecule has 0 spiro atoms. The number of aromatic nitrogens is 3. The number of alkyl halides is 3. The molecule has 6 heterocycles. The van der Waals surface area contributed by atoms with Crippen molar-refractivity contribution >= 4 is 58.7 Å². The number of benzene rings is 2. The molecule has 4 aliphatic heterocycles. The van der Waals surface area contributed by atoms with Crippen molar-refractivity contribution in [3.05, 3.63) is 99.0 Å². The maximum Gasteiger partial charge on any atom is 0.417 e. The summed E-state index contributed by atoms with van der Waals surface area (Å²) in [7, 11) is 1.95. The number of piperazine rings is 2. The summed E-state index contributed by atoms with van der Waals surface area (Å²) in [5.74, 6) is -4.22. The summed E-state index contributed by atoms with van der Waals surface area (Å²) in [4.78, 5) is 121. The molecule has 4 aliphatic rings. The fraction of sp³-hybridized carbons (Fsp3) is 0.440. The van der Waals surface area contributed by atoms with E-state index in [2.05, 4.69) is 35.8 Å². The van der Waals surface area contributed by atoms with Gasteiger partial charge >= 0.3 is 6.18 Å². The molecule has 7 amide bonds. The number of amides is 7. The molecular formula is C50H55F4N11O8. The molecule has 386 valence electrons. The van der Waals surface area contributed by atoms with E-state index in [1.54, 1.807) is 23.1 Å². The highest BCUT2D eigenvalue weighted by Gasteiger charge is 2.45. The fourth-order valence-electron chi connectivity index (χ4n) is 9.72. The third-order valence-corrected chi connectivity index (χ3v) is 13.9. The van der Waals surface area contributed by atoms with Crippen LogP contribution >= 0.6 is 0 Å². The van der Waals surface area contributed by atoms with Crippen molar-refractivity contribution in [1.82, 2.24) is 40.3 Å². The Hall–Kier alpha value is -7.56. The maximum atomic E-state index is 16.1. The van der Waals surface area contributed by atoms with Gasteiger partial charge in [-0.25, -0.2) is 14.4 Å². The highest BCUT2D eigenvalue weighted by Crippen LogP contribution is 2.38. The average Bonchev–Trinajstić information content (AvgIpc) is 3.61. The quantitative estimate of drug-likeness (QED) is 0.0747. The van der Waals surface area contributed by atoms with Crippen LogP contribution in [0.4, 0.5) is 34.9 Å². The molecular weight excluding hydrogens is 959 g/mol. The average molecular weight is 1010 g/mol. The van der Waals surface area contributed by atoms with Gasteiger partial charge in [0.25, 0.3) is 17.7 Å². The molecule has 3 atom stereocenters. The second-order valence-electron chi connectivity index (χ2n) is 18.8. The summed E-state index contributed by atoms with van der Waals surface area (Å²) in [6.45, 7) is 6.61. The predicted octanol–water partition coefficient (Wildman–Crippen LogP) is 4.13. The molecule has 0 bridgehead atoms. The number of halogens is 4. The van der Waals surface area contributed by atoms with Gasteiger partial charge in [-0.3, -0.25) is 53.5 Å². The first-order valence-electron chi connectivity index (χ1n) is 24.2. The zero-order chi connectivity index (χ0) is 52.3. The number of carbonyl (C=O) groups excluding carboxylic acids is 7. The number of anilines is 3. The van der Waals surface area contributed by atoms with E-state index in [0.717, 1.165) is 4.90 Å². The van der Waals surface area contributed by atoms with Crippen LogP contribution in [0.25, 0.3) is 11.1 Å². The molecule has 2 aromatic heterocycles. The number of likely N-dealkylation sites (N-methyl/N-ethyl adjacent to an activating group) is 1. The van der Waals surface area contributed by atoms with Crippen LogP contribution in [-0.2, 0) is 31.8 Å². The number of fused-ring (bicyclic) bond motifs is 1. The molecule has 0 saturated carbocycles. The monoisotopic (exact) mass is 1010 g/mol. The Morgan fingerprint density at radius 1 is 0.849 bits per heavy atom. The molecule has 23 heteroatoms. The second kappa shape index (κ2) is 21.7. The zero-order valence-electron chi connectivity index (χ0n) is 40.4. The Morgan fingerprint density at radius 3 is 2.25 bits per heavy atom. The SMILES string of the molecule is C[C@@H]1CN(c2cc(F)c(-c3cnc(N4CCN(C(=O)CCC(=O)NCCCCCc5cccc6c5C(=O)N(C5CCC(=O)NC5=O)C6=O)CC4)nc3)cc2NC(=O)c2c[nH]c(=O)cc2C(F)(F)F)C[C@H](C)N1C. The number of nitrogens with zero attached hydrogens (tertiary/aromatic N) is 7. The number of rotatable bonds is 15. The molecule has 1 unspecified atom stereocenters. The number of aromatic amines is 1. The molecule has 73 heavy (non-hydrogen) atoms. The lowest BCUT2D eigenvalue weighted by atomic mass is 9.98. The van der Waals surface area contributed by atoms with Crippen molar-refractivity contribution in [2.75, 3.05) is 68.0 Å². The molecule has 3 fully saturated rings. The van der Waals surface area contributed by atoms with Crippen molar-refractivity contribution in [3.63, 3.8) is 0 Å². The third-order valence-electron chi connectivity index (χ3n) is 13.9. The van der Waals surface area contributed by atoms with Gasteiger partial charge in [-0.15, -0.1) is 0 Å². The van der Waals surface area contributed by atoms with Gasteiger partial charge in [-0.2, -0.15) is 13.2 Å². The van der Waals surface area contributed by atoms with Gasteiger partial charge in [0.1, 0.15) is 11.9 Å². The van der Waals surface area contributed by atoms with Crippen molar-refractivity contribution in [2.45, 2.75) is 89.5 Å². The third kappa shape index (κ3) is 11.4. The standard InChI is InChI=1S/C50H55F4N11O8/c1-28-26-64(27-29(2)61(28)3)39-22-36(51)33(20-37(39)59-45(70)34-25-56-42(68)21-35(34)50(52,53)54)31-23-57-49(58-24-31)63-18-16-62(17-19-63)43(69)14-13-40(66)55-15-6-4-5-8-30-9-7-10-32-44(30)48(73)65(47(32)72)38-11-12-41(67)60-46(38)71/h7,9-10,20-25,28-29,38H,4-6,8,11-19,26-27H2,1-3H3,(H,55,66)(H,56,68)(H,59,70)(H,60,67,71)/t28-,29+,38?. The summed E-state index contributed by atoms with van der Waals surface area (Å²) in [6, 6.07) is 6.87. The number of piperidine rings is 1. The van der Waals surface area contributed by atoms with Crippen LogP contribution in [-0.4, -0.2) is 142 Å². The van der Waals surface area contributed by atoms with E-state index < -0.39 is 64.3 Å². The van der Waals surface area contributed by atoms with Gasteiger partial charge in [0.15, 0.2) is 0 Å². The molecule has 4 N–H and O–H groups in total. The summed E-state index contributed by atoms with van der Waals surface area (Å²) < 4.78 is 58.0. The van der Waals surface area contributed by atoms with E-state index in [1.165, 1.54) is 24.5 Å². The molecule has 8 rings (SSSR count). The van der Waals surface area contributed by atoms with Crippen molar-refractivity contribution in [2.24, 2.45) is 0 Å². The highest BCUT2D eigenvalue weighted by atomic mass is 19.4. The Bertz CT molecular complexity index is 2880. The van der Waals surface area contributed by atoms with Crippen LogP contribution in [0.3, 0.4) is 0 Å². The molecule has 0 radical (unpaired) electrons. The predicted molar refractivity (Wildman–Crippen MR) is 258 cm³/mol. The van der Waals surface area contributed by atoms with E-state index in [0.29, 0.717) is 95.3 Å². The minimum absolute atomic E-state index is 0.00212. The number of imide groups is 2. The largest absolute Gasteiger partial charge is 0.417 e. The highest BCUT2D eigenvalue weighted by molar-refractivity contribution is 6.24. The number of pyridine rings is 1. The van der Waals surface area contributed by atoms with Gasteiger partial charge in [-0.05, 0) is 70.3 Å². The summed E-state index contributed by atoms with van der Waals surface area (Å²) in [5, 5.41) is 7.59. The second-order valence-corrected chi connectivity index (χ2v) is 18.8. The first-order valence-corrected chi connectivity index (χ1v) is 24.2. The maximum absolute atomic E-state index is 16.1. The Morgan fingerprint density at radius 2 is 1.56 bits per heavy atom. The van der Waals surface area contributed by atoms with Crippen molar-refractivity contribution in [1.29, 1.82) is 0 Å². The number of unbranched alkanes of at least 4 members (excludes halogenated alkanes) is 2. The number of H-pyrrole nitrogens is 1. The number of nitrogens with one attached hydrogen (secondary N) is 4. The van der Waals surface area contributed by atoms with Crippen LogP contribution in [0.15, 0.2) is 59.8 Å². The van der Waals surface area contributed by atoms with Crippen LogP contribution in [0.5, 0.6) is 0 Å². The topological polar surface area (TPSA) is 230 Å². The zero-order valence-corrected chi connectivity index (χ0v) is 40.4. The summed E-state index contributed by atoms with van der Waals surface area (Å²) in [5.41, 5.74) is -1.60. The van der Waals surface area contributed by atoms with Crippen LogP contribution in [0.2, 0.25) is 0 Å². The van der Waals surface area contributed by atoms with Gasteiger partial charge in [-0.1, -0.05) is 18.6 Å². The van der Waals surface area contributed by atoms with E-state index in [4.69, 9.17) is 0 Å². The summed E-state index contributed by atoms with van der Waals surface area (Å²) in [6.07, 6.45) is 1.09. The molecule has 19 nitrogen and oxygen atoms in total. The van der Waals surface area contributed by atoms with E-state index in [1.807, 2.05) is 30.7 Å². The lowest BCUT2D eigenvalue weighted by Gasteiger charge is -2.44. The van der Waals surface area contributed by atoms with E-state index in [-0.39, 0.29) is 83.2 Å². The fourth-order valence-corrected chi connectivity index (χ4v) is 9.72. The van der Waals surface area contributed by atoms with Crippen LogP contribution < -0.4 is 31.3 Å². The minimum Gasteiger partial charge on any atom is -0.367 e. The van der Waals surface area contributed by atoms with Crippen LogP contribution in [0, 0.1) is 5.82 Å². The van der Waals surface area contributed by atoms with Gasteiger partial charge < -0.3 is 30.3 Å². The number of carbonyl (C=O) groups is 7. The number of hydrogen-bond donors (Lipinski definition) is 4. The molecule has 3 saturated heterocycles. The smallest absolute Gasteiger partial charge is 0.367 e. The number of hydrogen-bond acceptors (Lipinski definition) is 13. The lowest BCUT2D eigenvalue weighted by molar-refractivity contribution is -0.138. The molecule has 2 aromatic carbocycles. The van der Waals surface area contributed by atoms with E-state index in [9.17, 15) is 51.5 Å². The minimum atomic E-state index is -5.01. The first kappa shape index (κ1) is 51.8. The Kier molecular flexibility index (Phi) is 15.4. The normalized spacial score (nSPS) is 19.5. The molecule has 0 aliphatic carbocycles. The summed E-state index contributed by atoms with van der Waals surface area (Å²) >= 11 is 0. The van der Waals surface area contributed by atoms with Crippen LogP contribution in [0.1, 0.15) is 101 Å².